The third-order valence-corrected chi connectivity index (χ3v) is 7.57. The number of hydrogen-bond donors (Lipinski definition) is 2. The van der Waals surface area contributed by atoms with Gasteiger partial charge in [0.15, 0.2) is 5.69 Å². The van der Waals surface area contributed by atoms with E-state index in [0.717, 1.165) is 0 Å². The van der Waals surface area contributed by atoms with Gasteiger partial charge in [-0.3, -0.25) is 9.59 Å². The van der Waals surface area contributed by atoms with Gasteiger partial charge in [0, 0.05) is 38.7 Å². The fourth-order valence-electron chi connectivity index (χ4n) is 4.47. The second-order valence-corrected chi connectivity index (χ2v) is 10.1. The van der Waals surface area contributed by atoms with Gasteiger partial charge < -0.3 is 28.5 Å². The first-order valence-electron chi connectivity index (χ1n) is 11.4. The normalized spacial score (nSPS) is 21.6. The quantitative estimate of drug-likeness (QED) is 0.504. The van der Waals surface area contributed by atoms with Crippen LogP contribution in [0.2, 0.25) is 0 Å². The number of piperidine rings is 1. The molecule has 2 N–H and O–H groups in total. The fraction of sp³-hybridized carbons (Fsp3) is 0.391. The molecule has 1 fully saturated rings. The molecule has 3 atom stereocenters. The first-order chi connectivity index (χ1) is 17.2. The molecule has 2 aromatic heterocycles. The van der Waals surface area contributed by atoms with Crippen molar-refractivity contribution >= 4 is 28.9 Å². The van der Waals surface area contributed by atoms with E-state index in [9.17, 15) is 18.5 Å². The number of anilines is 1. The van der Waals surface area contributed by atoms with Crippen molar-refractivity contribution in [3.63, 3.8) is 0 Å². The molecule has 4 heterocycles. The Morgan fingerprint density at radius 1 is 1.31 bits per heavy atom. The summed E-state index contributed by atoms with van der Waals surface area (Å²) in [7, 11) is 1.66. The van der Waals surface area contributed by atoms with Crippen LogP contribution in [0, 0.1) is 25.6 Å². The summed E-state index contributed by atoms with van der Waals surface area (Å²) in [5.74, 6) is -0.981. The van der Waals surface area contributed by atoms with Gasteiger partial charge in [0.1, 0.15) is 5.82 Å². The van der Waals surface area contributed by atoms with Gasteiger partial charge >= 0.3 is 11.8 Å². The number of aryl methyl sites for hydroxylation is 3. The van der Waals surface area contributed by atoms with Crippen LogP contribution in [0.4, 0.5) is 10.1 Å². The Bertz CT molecular complexity index is 1330. The molecule has 3 unspecified atom stereocenters. The van der Waals surface area contributed by atoms with Crippen LogP contribution >= 0.6 is 0 Å². The molecule has 0 bridgehead atoms. The summed E-state index contributed by atoms with van der Waals surface area (Å²) in [6.07, 6.45) is 2.15. The molecule has 2 aliphatic heterocycles. The monoisotopic (exact) mass is 516 g/mol. The summed E-state index contributed by atoms with van der Waals surface area (Å²) in [6, 6.07) is 4.12. The van der Waals surface area contributed by atoms with E-state index in [4.69, 9.17) is 9.15 Å². The molecule has 1 aromatic carbocycles. The molecule has 3 aromatic rings. The minimum atomic E-state index is -1.65. The molecule has 2 aliphatic rings. The van der Waals surface area contributed by atoms with Crippen molar-refractivity contribution in [1.29, 1.82) is 0 Å². The van der Waals surface area contributed by atoms with E-state index in [2.05, 4.69) is 20.2 Å². The maximum absolute atomic E-state index is 13.6. The zero-order valence-electron chi connectivity index (χ0n) is 19.9. The highest BCUT2D eigenvalue weighted by molar-refractivity contribution is 7.89. The van der Waals surface area contributed by atoms with Crippen molar-refractivity contribution in [3.8, 4) is 5.75 Å². The number of amides is 2. The summed E-state index contributed by atoms with van der Waals surface area (Å²) in [4.78, 5) is 27.9. The van der Waals surface area contributed by atoms with Crippen LogP contribution in [0.3, 0.4) is 0 Å². The van der Waals surface area contributed by atoms with E-state index in [1.54, 1.807) is 36.6 Å². The van der Waals surface area contributed by atoms with Gasteiger partial charge in [-0.25, -0.2) is 4.39 Å². The van der Waals surface area contributed by atoms with Crippen molar-refractivity contribution in [3.05, 3.63) is 53.3 Å². The fourth-order valence-corrected chi connectivity index (χ4v) is 5.76. The van der Waals surface area contributed by atoms with E-state index >= 15 is 0 Å². The van der Waals surface area contributed by atoms with Crippen LogP contribution < -0.4 is 14.8 Å². The van der Waals surface area contributed by atoms with Gasteiger partial charge in [0.2, 0.25) is 16.5 Å². The predicted octanol–water partition coefficient (Wildman–Crippen LogP) is 1.95. The van der Waals surface area contributed by atoms with Crippen LogP contribution in [0.15, 0.2) is 33.7 Å². The molecule has 13 heteroatoms. The highest BCUT2D eigenvalue weighted by Gasteiger charge is 2.41. The molecule has 2 amide bonds. The SMILES string of the molecule is Cc1nnc(C(=O)N2CCC3N[S+]([O-])c4cn(C)c(C(=O)Nc5ccc(F)c(C)c5)c4OCC3C2)o1. The lowest BCUT2D eigenvalue weighted by Gasteiger charge is -2.38. The van der Waals surface area contributed by atoms with Crippen molar-refractivity contribution in [2.24, 2.45) is 13.0 Å². The third-order valence-electron chi connectivity index (χ3n) is 6.36. The Morgan fingerprint density at radius 3 is 2.83 bits per heavy atom. The number of fused-ring (bicyclic) bond motifs is 2. The number of benzene rings is 1. The molecular weight excluding hydrogens is 491 g/mol. The first-order valence-corrected chi connectivity index (χ1v) is 12.5. The Balaban J connectivity index is 1.36. The Labute approximate surface area is 209 Å². The smallest absolute Gasteiger partial charge is 0.311 e. The number of likely N-dealkylation sites (tertiary alicyclic amines) is 1. The first kappa shape index (κ1) is 24.3. The van der Waals surface area contributed by atoms with Crippen LogP contribution in [0.1, 0.15) is 39.0 Å². The van der Waals surface area contributed by atoms with E-state index in [1.165, 1.54) is 18.2 Å². The lowest BCUT2D eigenvalue weighted by Crippen LogP contribution is -2.54. The van der Waals surface area contributed by atoms with E-state index in [0.29, 0.717) is 41.5 Å². The molecule has 0 aliphatic carbocycles. The predicted molar refractivity (Wildman–Crippen MR) is 126 cm³/mol. The average molecular weight is 517 g/mol. The van der Waals surface area contributed by atoms with Crippen LogP contribution in [0.5, 0.6) is 5.75 Å². The van der Waals surface area contributed by atoms with Crippen LogP contribution in [-0.2, 0) is 18.4 Å². The minimum absolute atomic E-state index is 0.0745. The summed E-state index contributed by atoms with van der Waals surface area (Å²) in [5.41, 5.74) is 1.01. The largest absolute Gasteiger partial charge is 0.593 e. The van der Waals surface area contributed by atoms with Crippen molar-refractivity contribution in [1.82, 2.24) is 24.4 Å². The van der Waals surface area contributed by atoms with Crippen LogP contribution in [-0.4, -0.2) is 61.8 Å². The maximum atomic E-state index is 13.6. The number of rotatable bonds is 3. The van der Waals surface area contributed by atoms with Gasteiger partial charge in [-0.2, -0.15) is 0 Å². The van der Waals surface area contributed by atoms with E-state index < -0.39 is 17.3 Å². The highest BCUT2D eigenvalue weighted by Crippen LogP contribution is 2.35. The maximum Gasteiger partial charge on any atom is 0.311 e. The second kappa shape index (κ2) is 9.56. The average Bonchev–Trinajstić information content (AvgIpc) is 3.42. The van der Waals surface area contributed by atoms with Gasteiger partial charge in [0.05, 0.1) is 30.2 Å². The van der Waals surface area contributed by atoms with Crippen molar-refractivity contribution < 1.29 is 27.7 Å². The molecule has 36 heavy (non-hydrogen) atoms. The number of carbonyl (C=O) groups excluding carboxylic acids is 2. The third kappa shape index (κ3) is 4.56. The number of nitrogens with zero attached hydrogens (tertiary/aromatic N) is 4. The van der Waals surface area contributed by atoms with Gasteiger partial charge in [-0.05, 0) is 37.1 Å². The minimum Gasteiger partial charge on any atom is -0.593 e. The molecule has 190 valence electrons. The number of hydrogen-bond acceptors (Lipinski definition) is 8. The molecule has 11 nitrogen and oxygen atoms in total. The highest BCUT2D eigenvalue weighted by atomic mass is 32.2. The molecular formula is C23H25FN6O5S. The Kier molecular flexibility index (Phi) is 6.45. The number of halogens is 1. The van der Waals surface area contributed by atoms with Crippen LogP contribution in [0.25, 0.3) is 0 Å². The molecule has 0 saturated carbocycles. The zero-order chi connectivity index (χ0) is 25.6. The van der Waals surface area contributed by atoms with E-state index in [-0.39, 0.29) is 47.6 Å². The Hall–Kier alpha value is -3.42. The van der Waals surface area contributed by atoms with Crippen molar-refractivity contribution in [2.75, 3.05) is 25.0 Å². The number of nitrogens with one attached hydrogen (secondary N) is 2. The molecule has 1 saturated heterocycles. The van der Waals surface area contributed by atoms with Gasteiger partial charge in [0.25, 0.3) is 5.91 Å². The summed E-state index contributed by atoms with van der Waals surface area (Å²) < 4.78 is 42.9. The molecule has 5 rings (SSSR count). The summed E-state index contributed by atoms with van der Waals surface area (Å²) in [6.45, 7) is 4.16. The Morgan fingerprint density at radius 2 is 2.11 bits per heavy atom. The zero-order valence-corrected chi connectivity index (χ0v) is 20.7. The summed E-state index contributed by atoms with van der Waals surface area (Å²) in [5, 5.41) is 10.3. The van der Waals surface area contributed by atoms with Crippen molar-refractivity contribution in [2.45, 2.75) is 31.2 Å². The number of carbonyl (C=O) groups is 2. The standard InChI is InChI=1S/C23H25FN6O5S/c1-12-8-15(4-5-16(12)24)25-21(31)19-20-18(10-29(19)3)36(33)28-17-6-7-30(9-14(17)11-34-20)23(32)22-27-26-13(2)35-22/h4-5,8,10,14,17,28H,6-7,9,11H2,1-3H3,(H,25,31). The number of ether oxygens (including phenoxy) is 1. The lowest BCUT2D eigenvalue weighted by atomic mass is 9.93. The van der Waals surface area contributed by atoms with Gasteiger partial charge in [-0.1, -0.05) is 0 Å². The molecule has 0 radical (unpaired) electrons. The topological polar surface area (TPSA) is 138 Å². The number of aromatic nitrogens is 3. The molecule has 0 spiro atoms. The van der Waals surface area contributed by atoms with Gasteiger partial charge in [-0.15, -0.1) is 14.9 Å². The summed E-state index contributed by atoms with van der Waals surface area (Å²) >= 11 is -1.65. The second-order valence-electron chi connectivity index (χ2n) is 8.93. The van der Waals surface area contributed by atoms with E-state index in [1.807, 2.05) is 0 Å². The lowest BCUT2D eigenvalue weighted by molar-refractivity contribution is 0.0543.